The zero-order chi connectivity index (χ0) is 31.4. The Balaban J connectivity index is 1.46. The van der Waals surface area contributed by atoms with Crippen molar-refractivity contribution in [3.8, 4) is 17.1 Å². The van der Waals surface area contributed by atoms with Crippen LogP contribution in [0.1, 0.15) is 95.9 Å². The molecule has 0 atom stereocenters. The molecule has 3 nitrogen and oxygen atoms in total. The summed E-state index contributed by atoms with van der Waals surface area (Å²) in [4.78, 5) is 5.33. The van der Waals surface area contributed by atoms with Crippen molar-refractivity contribution < 1.29 is 4.42 Å². The van der Waals surface area contributed by atoms with Crippen LogP contribution < -0.4 is 0 Å². The van der Waals surface area contributed by atoms with Crippen LogP contribution in [0, 0.1) is 0 Å². The van der Waals surface area contributed by atoms with E-state index in [2.05, 4.69) is 145 Å². The Labute approximate surface area is 265 Å². The molecule has 2 aromatic heterocycles. The number of fused-ring (bicyclic) bond motifs is 8. The van der Waals surface area contributed by atoms with Crippen LogP contribution in [0.25, 0.3) is 60.8 Å². The lowest BCUT2D eigenvalue weighted by molar-refractivity contribution is 0.404. The van der Waals surface area contributed by atoms with E-state index >= 15 is 0 Å². The van der Waals surface area contributed by atoms with Crippen molar-refractivity contribution in [3.05, 3.63) is 107 Å². The Bertz CT molecular complexity index is 2280. The Kier molecular flexibility index (Phi) is 5.98. The zero-order valence-corrected chi connectivity index (χ0v) is 27.7. The molecule has 7 aromatic rings. The van der Waals surface area contributed by atoms with Gasteiger partial charge in [-0.3, -0.25) is 4.57 Å². The minimum atomic E-state index is 0.103. The molecule has 0 fully saturated rings. The number of hydrogen-bond donors (Lipinski definition) is 0. The van der Waals surface area contributed by atoms with E-state index in [0.717, 1.165) is 50.8 Å². The van der Waals surface area contributed by atoms with Gasteiger partial charge in [0, 0.05) is 16.2 Å². The molecule has 45 heavy (non-hydrogen) atoms. The highest BCUT2D eigenvalue weighted by Gasteiger charge is 2.43. The minimum absolute atomic E-state index is 0.103. The summed E-state index contributed by atoms with van der Waals surface area (Å²) in [5.41, 5.74) is 12.1. The number of furan rings is 1. The average molecular weight is 591 g/mol. The second-order valence-corrected chi connectivity index (χ2v) is 15.1. The van der Waals surface area contributed by atoms with Gasteiger partial charge in [-0.15, -0.1) is 0 Å². The SMILES string of the molecule is CC(C)c1cccc(C(C)C)c1-n1c(-c2cccc3c2oc2c4ccc5c(c4ccc32)C(C)(C)CC5(C)C)nc2ccccc21. The standard InChI is InChI=1S/C42H42N2O/c1-24(2)26-13-11-14-27(25(3)4)37(26)44-35-18-10-9-17-34(35)43-40(44)32-16-12-15-29-31-20-19-28-30(38(31)45-39(29)32)21-22-33-36(28)42(7,8)23-41(33,5)6/h9-22,24-25H,23H2,1-8H3. The molecule has 1 aliphatic carbocycles. The number of imidazole rings is 1. The first kappa shape index (κ1) is 28.1. The zero-order valence-electron chi connectivity index (χ0n) is 27.7. The molecule has 0 radical (unpaired) electrons. The van der Waals surface area contributed by atoms with Crippen LogP contribution in [-0.2, 0) is 10.8 Å². The molecule has 0 N–H and O–H groups in total. The highest BCUT2D eigenvalue weighted by atomic mass is 16.3. The summed E-state index contributed by atoms with van der Waals surface area (Å²) in [6, 6.07) is 31.1. The van der Waals surface area contributed by atoms with Gasteiger partial charge in [-0.05, 0) is 81.0 Å². The van der Waals surface area contributed by atoms with Crippen molar-refractivity contribution in [2.45, 2.75) is 84.5 Å². The van der Waals surface area contributed by atoms with E-state index in [1.807, 2.05) is 0 Å². The topological polar surface area (TPSA) is 31.0 Å². The number of rotatable bonds is 4. The third-order valence-corrected chi connectivity index (χ3v) is 10.3. The fourth-order valence-corrected chi connectivity index (χ4v) is 8.62. The van der Waals surface area contributed by atoms with Crippen LogP contribution in [0.15, 0.2) is 89.3 Å². The molecular weight excluding hydrogens is 548 g/mol. The lowest BCUT2D eigenvalue weighted by Crippen LogP contribution is -2.18. The third kappa shape index (κ3) is 3.99. The summed E-state index contributed by atoms with van der Waals surface area (Å²) < 4.78 is 9.42. The molecule has 0 aliphatic heterocycles. The molecule has 2 heterocycles. The summed E-state index contributed by atoms with van der Waals surface area (Å²) in [6.07, 6.45) is 1.14. The van der Waals surface area contributed by atoms with Gasteiger partial charge < -0.3 is 4.42 Å². The predicted molar refractivity (Wildman–Crippen MR) is 190 cm³/mol. The van der Waals surface area contributed by atoms with Crippen molar-refractivity contribution in [1.82, 2.24) is 9.55 Å². The van der Waals surface area contributed by atoms with E-state index in [1.54, 1.807) is 0 Å². The fourth-order valence-electron chi connectivity index (χ4n) is 8.62. The Morgan fingerprint density at radius 2 is 1.27 bits per heavy atom. The van der Waals surface area contributed by atoms with Gasteiger partial charge in [-0.2, -0.15) is 0 Å². The largest absolute Gasteiger partial charge is 0.455 e. The first-order valence-corrected chi connectivity index (χ1v) is 16.5. The van der Waals surface area contributed by atoms with Gasteiger partial charge in [0.15, 0.2) is 0 Å². The summed E-state index contributed by atoms with van der Waals surface area (Å²) >= 11 is 0. The molecule has 0 unspecified atom stereocenters. The number of aromatic nitrogens is 2. The quantitative estimate of drug-likeness (QED) is 0.204. The molecular formula is C42H42N2O. The van der Waals surface area contributed by atoms with Crippen LogP contribution in [0.3, 0.4) is 0 Å². The van der Waals surface area contributed by atoms with E-state index in [9.17, 15) is 0 Å². The second-order valence-electron chi connectivity index (χ2n) is 15.1. The van der Waals surface area contributed by atoms with Gasteiger partial charge in [0.1, 0.15) is 17.0 Å². The highest BCUT2D eigenvalue weighted by molar-refractivity contribution is 6.18. The third-order valence-electron chi connectivity index (χ3n) is 10.3. The first-order valence-electron chi connectivity index (χ1n) is 16.5. The molecule has 5 aromatic carbocycles. The summed E-state index contributed by atoms with van der Waals surface area (Å²) in [7, 11) is 0. The van der Waals surface area contributed by atoms with Gasteiger partial charge in [0.05, 0.1) is 22.3 Å². The molecule has 3 heteroatoms. The number of nitrogens with zero attached hydrogens (tertiary/aromatic N) is 2. The Morgan fingerprint density at radius 1 is 0.644 bits per heavy atom. The van der Waals surface area contributed by atoms with Gasteiger partial charge in [0.2, 0.25) is 0 Å². The maximum atomic E-state index is 7.02. The lowest BCUT2D eigenvalue weighted by Gasteiger charge is -2.23. The lowest BCUT2D eigenvalue weighted by atomic mass is 9.81. The number of para-hydroxylation sites is 4. The van der Waals surface area contributed by atoms with E-state index in [0.29, 0.717) is 11.8 Å². The van der Waals surface area contributed by atoms with Crippen LogP contribution in [0.2, 0.25) is 0 Å². The molecule has 0 bridgehead atoms. The van der Waals surface area contributed by atoms with Crippen molar-refractivity contribution >= 4 is 43.7 Å². The van der Waals surface area contributed by atoms with Gasteiger partial charge in [0.25, 0.3) is 0 Å². The molecule has 226 valence electrons. The fraction of sp³-hybridized carbons (Fsp3) is 0.310. The maximum Gasteiger partial charge on any atom is 0.149 e. The predicted octanol–water partition coefficient (Wildman–Crippen LogP) is 12.0. The van der Waals surface area contributed by atoms with Gasteiger partial charge in [-0.25, -0.2) is 4.98 Å². The maximum absolute atomic E-state index is 7.02. The minimum Gasteiger partial charge on any atom is -0.455 e. The summed E-state index contributed by atoms with van der Waals surface area (Å²) in [5, 5.41) is 4.79. The van der Waals surface area contributed by atoms with Crippen molar-refractivity contribution in [2.24, 2.45) is 0 Å². The summed E-state index contributed by atoms with van der Waals surface area (Å²) in [6.45, 7) is 18.7. The van der Waals surface area contributed by atoms with Crippen LogP contribution in [0.5, 0.6) is 0 Å². The van der Waals surface area contributed by atoms with E-state index < -0.39 is 0 Å². The van der Waals surface area contributed by atoms with Gasteiger partial charge in [-0.1, -0.05) is 116 Å². The number of benzene rings is 5. The molecule has 0 spiro atoms. The highest BCUT2D eigenvalue weighted by Crippen LogP contribution is 2.53. The molecule has 0 saturated carbocycles. The van der Waals surface area contributed by atoms with Crippen molar-refractivity contribution in [2.75, 3.05) is 0 Å². The molecule has 0 saturated heterocycles. The smallest absolute Gasteiger partial charge is 0.149 e. The Hall–Kier alpha value is -4.37. The Morgan fingerprint density at radius 3 is 2.00 bits per heavy atom. The van der Waals surface area contributed by atoms with Crippen molar-refractivity contribution in [1.29, 1.82) is 0 Å². The van der Waals surface area contributed by atoms with Crippen molar-refractivity contribution in [3.63, 3.8) is 0 Å². The van der Waals surface area contributed by atoms with Crippen LogP contribution in [-0.4, -0.2) is 9.55 Å². The van der Waals surface area contributed by atoms with Crippen LogP contribution >= 0.6 is 0 Å². The van der Waals surface area contributed by atoms with E-state index in [-0.39, 0.29) is 10.8 Å². The van der Waals surface area contributed by atoms with Crippen LogP contribution in [0.4, 0.5) is 0 Å². The molecule has 0 amide bonds. The number of hydrogen-bond acceptors (Lipinski definition) is 2. The molecule has 8 rings (SSSR count). The summed E-state index contributed by atoms with van der Waals surface area (Å²) in [5.74, 6) is 1.64. The van der Waals surface area contributed by atoms with E-state index in [4.69, 9.17) is 9.40 Å². The van der Waals surface area contributed by atoms with E-state index in [1.165, 1.54) is 38.7 Å². The average Bonchev–Trinajstić information content (AvgIpc) is 3.63. The second kappa shape index (κ2) is 9.57. The molecule has 1 aliphatic rings. The van der Waals surface area contributed by atoms with Gasteiger partial charge >= 0.3 is 0 Å². The normalized spacial score (nSPS) is 15.8. The first-order chi connectivity index (χ1) is 21.5. The monoisotopic (exact) mass is 590 g/mol.